The smallest absolute Gasteiger partial charge is 0.329 e. The number of aliphatic hydroxyl groups is 1. The Bertz CT molecular complexity index is 407. The van der Waals surface area contributed by atoms with Gasteiger partial charge in [-0.1, -0.05) is 46.7 Å². The lowest BCUT2D eigenvalue weighted by atomic mass is 10.5. The molecule has 0 heterocycles. The fourth-order valence-electron chi connectivity index (χ4n) is 0.747. The van der Waals surface area contributed by atoms with Gasteiger partial charge in [0.1, 0.15) is 46.6 Å². The highest BCUT2D eigenvalue weighted by molar-refractivity contribution is 9.24. The van der Waals surface area contributed by atoms with Crippen LogP contribution in [0, 0.1) is 0 Å². The summed E-state index contributed by atoms with van der Waals surface area (Å²) in [5.41, 5.74) is 0. The van der Waals surface area contributed by atoms with Crippen LogP contribution in [0.3, 0.4) is 0 Å². The van der Waals surface area contributed by atoms with E-state index in [4.69, 9.17) is 24.8 Å². The van der Waals surface area contributed by atoms with Crippen molar-refractivity contribution >= 4 is 61.1 Å². The third kappa shape index (κ3) is 79.0. The van der Waals surface area contributed by atoms with Crippen molar-refractivity contribution in [3.8, 4) is 0 Å². The molecule has 0 unspecified atom stereocenters. The number of Topliss-reactive ketones (excluding diaryl/α,β-unsaturated/α-hetero) is 3. The van der Waals surface area contributed by atoms with Crippen LogP contribution in [0.1, 0.15) is 35.6 Å². The van der Waals surface area contributed by atoms with Crippen molar-refractivity contribution in [2.75, 3.05) is 50.9 Å². The minimum absolute atomic E-state index is 0. The molecule has 3 N–H and O–H groups in total. The molecule has 0 spiro atoms. The fourth-order valence-corrected chi connectivity index (χ4v) is 0.747. The standard InChI is InChI=1S/C7H12O4.C5H8O6.C3H6O2.CH2Br2.2CH4/c1-6(8)3-10-5-11-4-7(2)9;6-4(7)1-10-3-11-2-5(8)9;1-3(5)2-4;2-1-3;;/h3-5H2,1-2H3;1-3H2,(H,6,7)(H,8,9);4H,2H2,1H3;1H2;2*1H4. The van der Waals surface area contributed by atoms with E-state index in [0.717, 1.165) is 4.24 Å². The molecule has 0 fully saturated rings. The first-order valence-corrected chi connectivity index (χ1v) is 10.1. The van der Waals surface area contributed by atoms with Crippen LogP contribution in [0.5, 0.6) is 0 Å². The minimum Gasteiger partial charge on any atom is -0.480 e. The normalized spacial score (nSPS) is 8.31. The highest BCUT2D eigenvalue weighted by Crippen LogP contribution is 1.83. The molecule has 0 radical (unpaired) electrons. The van der Waals surface area contributed by atoms with Gasteiger partial charge < -0.3 is 34.3 Å². The van der Waals surface area contributed by atoms with E-state index in [0.29, 0.717) is 0 Å². The van der Waals surface area contributed by atoms with Crippen LogP contribution in [0.25, 0.3) is 0 Å². The molecule has 0 rings (SSSR count). The van der Waals surface area contributed by atoms with Crippen LogP contribution in [0.4, 0.5) is 0 Å². The molecule has 0 saturated carbocycles. The molecule has 0 saturated heterocycles. The van der Waals surface area contributed by atoms with Gasteiger partial charge in [-0.05, 0) is 20.8 Å². The summed E-state index contributed by atoms with van der Waals surface area (Å²) in [6, 6.07) is 0. The maximum absolute atomic E-state index is 10.3. The van der Waals surface area contributed by atoms with Crippen LogP contribution in [0.2, 0.25) is 0 Å². The molecule has 0 bridgehead atoms. The number of aliphatic carboxylic acids is 2. The Balaban J connectivity index is -0.0000000760. The van der Waals surface area contributed by atoms with Crippen molar-refractivity contribution in [1.29, 1.82) is 0 Å². The molecule has 0 aromatic heterocycles. The molecule has 32 heavy (non-hydrogen) atoms. The highest BCUT2D eigenvalue weighted by atomic mass is 79.9. The zero-order chi connectivity index (χ0) is 24.4. The maximum Gasteiger partial charge on any atom is 0.329 e. The molecule has 0 aromatic carbocycles. The second-order valence-electron chi connectivity index (χ2n) is 4.78. The summed E-state index contributed by atoms with van der Waals surface area (Å²) in [4.78, 5) is 49.7. The number of ether oxygens (including phenoxy) is 4. The molecule has 12 nitrogen and oxygen atoms in total. The first kappa shape index (κ1) is 44.4. The van der Waals surface area contributed by atoms with Crippen LogP contribution in [0.15, 0.2) is 0 Å². The van der Waals surface area contributed by atoms with Crippen LogP contribution in [-0.2, 0) is 42.9 Å². The Morgan fingerprint density at radius 2 is 0.844 bits per heavy atom. The third-order valence-electron chi connectivity index (χ3n) is 1.62. The van der Waals surface area contributed by atoms with E-state index in [-0.39, 0.29) is 65.6 Å². The van der Waals surface area contributed by atoms with Gasteiger partial charge in [0.25, 0.3) is 0 Å². The lowest BCUT2D eigenvalue weighted by Crippen LogP contribution is -2.13. The minimum atomic E-state index is -1.12. The zero-order valence-corrected chi connectivity index (χ0v) is 20.1. The van der Waals surface area contributed by atoms with E-state index in [1.165, 1.54) is 20.8 Å². The second-order valence-corrected chi connectivity index (χ2v) is 7.41. The van der Waals surface area contributed by atoms with E-state index in [9.17, 15) is 24.0 Å². The van der Waals surface area contributed by atoms with Crippen molar-refractivity contribution < 1.29 is 58.2 Å². The number of ketones is 3. The molecule has 14 heteroatoms. The second kappa shape index (κ2) is 37.0. The molecule has 0 aliphatic heterocycles. The van der Waals surface area contributed by atoms with Gasteiger partial charge in [-0.2, -0.15) is 0 Å². The summed E-state index contributed by atoms with van der Waals surface area (Å²) < 4.78 is 19.0. The van der Waals surface area contributed by atoms with E-state index in [1.807, 2.05) is 0 Å². The van der Waals surface area contributed by atoms with Crippen molar-refractivity contribution in [3.63, 3.8) is 0 Å². The largest absolute Gasteiger partial charge is 0.480 e. The summed E-state index contributed by atoms with van der Waals surface area (Å²) in [5.74, 6) is -2.55. The van der Waals surface area contributed by atoms with E-state index in [1.54, 1.807) is 0 Å². The monoisotopic (exact) mass is 602 g/mol. The molecule has 0 amide bonds. The summed E-state index contributed by atoms with van der Waals surface area (Å²) in [6.45, 7) is 2.63. The lowest BCUT2D eigenvalue weighted by molar-refractivity contribution is -0.154. The summed E-state index contributed by atoms with van der Waals surface area (Å²) in [5, 5.41) is 23.8. The first-order valence-electron chi connectivity index (χ1n) is 7.90. The van der Waals surface area contributed by atoms with Gasteiger partial charge in [0.15, 0.2) is 17.3 Å². The Morgan fingerprint density at radius 1 is 0.625 bits per heavy atom. The average molecular weight is 604 g/mol. The van der Waals surface area contributed by atoms with Gasteiger partial charge in [0, 0.05) is 0 Å². The molecule has 0 aliphatic carbocycles. The highest BCUT2D eigenvalue weighted by Gasteiger charge is 1.98. The Labute approximate surface area is 205 Å². The molecular formula is C18H36Br2O12. The van der Waals surface area contributed by atoms with Crippen LogP contribution in [-0.4, -0.2) is 95.5 Å². The van der Waals surface area contributed by atoms with Gasteiger partial charge >= 0.3 is 11.9 Å². The van der Waals surface area contributed by atoms with Gasteiger partial charge in [0.2, 0.25) is 0 Å². The number of carbonyl (C=O) groups excluding carboxylic acids is 3. The predicted molar refractivity (Wildman–Crippen MR) is 124 cm³/mol. The van der Waals surface area contributed by atoms with Crippen molar-refractivity contribution in [2.24, 2.45) is 0 Å². The number of carboxylic acids is 2. The van der Waals surface area contributed by atoms with Crippen LogP contribution >= 0.6 is 31.9 Å². The number of carbonyl (C=O) groups is 5. The van der Waals surface area contributed by atoms with Gasteiger partial charge in [-0.3, -0.25) is 14.4 Å². The molecule has 194 valence electrons. The molecule has 0 aromatic rings. The third-order valence-corrected chi connectivity index (χ3v) is 1.62. The van der Waals surface area contributed by atoms with Crippen LogP contribution < -0.4 is 0 Å². The quantitative estimate of drug-likeness (QED) is 0.158. The molecule has 0 atom stereocenters. The topological polar surface area (TPSA) is 183 Å². The number of halogens is 2. The molecular weight excluding hydrogens is 568 g/mol. The van der Waals surface area contributed by atoms with Gasteiger partial charge in [-0.15, -0.1) is 0 Å². The molecule has 0 aliphatic rings. The maximum atomic E-state index is 10.3. The van der Waals surface area contributed by atoms with E-state index >= 15 is 0 Å². The number of hydrogen-bond acceptors (Lipinski definition) is 10. The zero-order valence-electron chi connectivity index (χ0n) is 16.9. The summed E-state index contributed by atoms with van der Waals surface area (Å²) in [7, 11) is 0. The Hall–Kier alpha value is -1.29. The predicted octanol–water partition coefficient (Wildman–Crippen LogP) is 1.88. The van der Waals surface area contributed by atoms with Gasteiger partial charge in [0.05, 0.1) is 4.24 Å². The van der Waals surface area contributed by atoms with Crippen molar-refractivity contribution in [1.82, 2.24) is 0 Å². The van der Waals surface area contributed by atoms with Gasteiger partial charge in [-0.25, -0.2) is 9.59 Å². The Morgan fingerprint density at radius 3 is 1.00 bits per heavy atom. The number of rotatable bonds is 13. The lowest BCUT2D eigenvalue weighted by Gasteiger charge is -2.00. The number of aliphatic hydroxyl groups excluding tert-OH is 1. The summed E-state index contributed by atoms with van der Waals surface area (Å²) >= 11 is 6.12. The average Bonchev–Trinajstić information content (AvgIpc) is 2.62. The van der Waals surface area contributed by atoms with Crippen molar-refractivity contribution in [3.05, 3.63) is 0 Å². The number of carboxylic acid groups (broad SMARTS) is 2. The summed E-state index contributed by atoms with van der Waals surface area (Å²) in [6.07, 6.45) is 0. The SMILES string of the molecule is BrCBr.C.C.CC(=O)CO.CC(=O)COCOCC(C)=O.O=C(O)COCOCC(=O)O. The van der Waals surface area contributed by atoms with Crippen molar-refractivity contribution in [2.45, 2.75) is 35.6 Å². The number of alkyl halides is 2. The van der Waals surface area contributed by atoms with E-state index < -0.39 is 25.2 Å². The van der Waals surface area contributed by atoms with E-state index in [2.05, 4.69) is 41.3 Å². The Kier molecular flexibility index (Phi) is 51.4. The fraction of sp³-hybridized carbons (Fsp3) is 0.722. The number of hydrogen-bond donors (Lipinski definition) is 3. The first-order chi connectivity index (χ1) is 13.9.